The Morgan fingerprint density at radius 1 is 1.68 bits per heavy atom. The number of hydrogen-bond donors (Lipinski definition) is 1. The first kappa shape index (κ1) is 16.4. The Morgan fingerprint density at radius 3 is 3.14 bits per heavy atom. The molecule has 1 aromatic rings. The molecule has 0 aromatic carbocycles. The number of fused-ring (bicyclic) bond motifs is 1. The third-order valence-corrected chi connectivity index (χ3v) is 3.83. The lowest BCUT2D eigenvalue weighted by atomic mass is 10.0. The highest BCUT2D eigenvalue weighted by Gasteiger charge is 2.24. The van der Waals surface area contributed by atoms with Gasteiger partial charge in [-0.2, -0.15) is 0 Å². The Bertz CT molecular complexity index is 598. The van der Waals surface area contributed by atoms with Gasteiger partial charge in [-0.3, -0.25) is 9.78 Å². The van der Waals surface area contributed by atoms with E-state index in [1.54, 1.807) is 6.20 Å². The molecule has 0 saturated heterocycles. The summed E-state index contributed by atoms with van der Waals surface area (Å²) in [5.74, 6) is -1.01. The zero-order valence-electron chi connectivity index (χ0n) is 12.7. The van der Waals surface area contributed by atoms with Crippen molar-refractivity contribution < 1.29 is 13.9 Å². The number of nitrogens with two attached hydrogens (primary N) is 1. The Labute approximate surface area is 129 Å². The average molecular weight is 304 g/mol. The molecule has 2 N–H and O–H groups in total. The molecule has 2 atom stereocenters. The van der Waals surface area contributed by atoms with Gasteiger partial charge in [0.2, 0.25) is 5.91 Å². The van der Waals surface area contributed by atoms with Crippen LogP contribution in [0.25, 0.3) is 0 Å². The summed E-state index contributed by atoms with van der Waals surface area (Å²) in [6.45, 7) is 5.52. The quantitative estimate of drug-likeness (QED) is 0.622. The SMILES string of the molecule is C=C(F)/C=C(\CC(C)OCC1CCc2ncccc21)C(N)=O. The maximum absolute atomic E-state index is 12.8. The van der Waals surface area contributed by atoms with Gasteiger partial charge >= 0.3 is 0 Å². The molecule has 0 saturated carbocycles. The molecule has 0 aliphatic heterocycles. The number of allylic oxidation sites excluding steroid dienone is 2. The van der Waals surface area contributed by atoms with Gasteiger partial charge in [0.1, 0.15) is 5.83 Å². The van der Waals surface area contributed by atoms with Crippen molar-refractivity contribution in [1.82, 2.24) is 4.98 Å². The average Bonchev–Trinajstić information content (AvgIpc) is 2.87. The Kier molecular flexibility index (Phi) is 5.44. The monoisotopic (exact) mass is 304 g/mol. The highest BCUT2D eigenvalue weighted by molar-refractivity contribution is 5.92. The molecule has 0 radical (unpaired) electrons. The lowest BCUT2D eigenvalue weighted by Crippen LogP contribution is -2.20. The number of nitrogens with zero attached hydrogens (tertiary/aromatic N) is 1. The van der Waals surface area contributed by atoms with E-state index in [2.05, 4.69) is 17.6 Å². The maximum atomic E-state index is 12.8. The van der Waals surface area contributed by atoms with Crippen molar-refractivity contribution >= 4 is 5.91 Å². The van der Waals surface area contributed by atoms with E-state index in [1.165, 1.54) is 5.56 Å². The second-order valence-corrected chi connectivity index (χ2v) is 5.60. The zero-order chi connectivity index (χ0) is 16.1. The van der Waals surface area contributed by atoms with Crippen molar-refractivity contribution in [2.75, 3.05) is 6.61 Å². The van der Waals surface area contributed by atoms with Crippen LogP contribution in [0.4, 0.5) is 4.39 Å². The second-order valence-electron chi connectivity index (χ2n) is 5.60. The summed E-state index contributed by atoms with van der Waals surface area (Å²) in [6.07, 6.45) is 4.89. The van der Waals surface area contributed by atoms with Gasteiger partial charge in [0.05, 0.1) is 12.7 Å². The molecule has 118 valence electrons. The first-order valence-electron chi connectivity index (χ1n) is 7.37. The van der Waals surface area contributed by atoms with Crippen LogP contribution in [0, 0.1) is 0 Å². The van der Waals surface area contributed by atoms with Gasteiger partial charge < -0.3 is 10.5 Å². The third kappa shape index (κ3) is 4.24. The van der Waals surface area contributed by atoms with Gasteiger partial charge in [-0.1, -0.05) is 12.6 Å². The molecule has 1 amide bonds. The van der Waals surface area contributed by atoms with Crippen LogP contribution < -0.4 is 5.73 Å². The maximum Gasteiger partial charge on any atom is 0.244 e. The topological polar surface area (TPSA) is 65.2 Å². The van der Waals surface area contributed by atoms with Crippen LogP contribution in [-0.4, -0.2) is 23.6 Å². The lowest BCUT2D eigenvalue weighted by Gasteiger charge is -2.17. The lowest BCUT2D eigenvalue weighted by molar-refractivity contribution is -0.115. The minimum atomic E-state index is -0.684. The highest BCUT2D eigenvalue weighted by atomic mass is 19.1. The van der Waals surface area contributed by atoms with E-state index in [4.69, 9.17) is 10.5 Å². The summed E-state index contributed by atoms with van der Waals surface area (Å²) >= 11 is 0. The number of ether oxygens (including phenoxy) is 1. The molecule has 0 bridgehead atoms. The fourth-order valence-corrected chi connectivity index (χ4v) is 2.74. The van der Waals surface area contributed by atoms with Gasteiger partial charge in [0.25, 0.3) is 0 Å². The minimum absolute atomic E-state index is 0.188. The van der Waals surface area contributed by atoms with E-state index in [9.17, 15) is 9.18 Å². The number of carbonyl (C=O) groups is 1. The van der Waals surface area contributed by atoms with Gasteiger partial charge in [0, 0.05) is 29.8 Å². The number of aromatic nitrogens is 1. The molecule has 2 unspecified atom stereocenters. The molecule has 2 rings (SSSR count). The standard InChI is InChI=1S/C17H21FN2O2/c1-11(18)8-14(17(19)21)9-12(2)22-10-13-5-6-16-15(13)4-3-7-20-16/h3-4,7-8,12-13H,1,5-6,9-10H2,2H3,(H2,19,21)/b14-8+. The third-order valence-electron chi connectivity index (χ3n) is 3.83. The number of rotatable bonds is 7. The largest absolute Gasteiger partial charge is 0.378 e. The number of carbonyl (C=O) groups excluding carboxylic acids is 1. The molecule has 4 nitrogen and oxygen atoms in total. The molecule has 0 spiro atoms. The predicted molar refractivity (Wildman–Crippen MR) is 82.9 cm³/mol. The Morgan fingerprint density at radius 2 is 2.45 bits per heavy atom. The van der Waals surface area contributed by atoms with Crippen molar-refractivity contribution in [3.05, 3.63) is 53.6 Å². The number of pyridine rings is 1. The minimum Gasteiger partial charge on any atom is -0.378 e. The summed E-state index contributed by atoms with van der Waals surface area (Å²) in [5.41, 5.74) is 7.79. The number of amides is 1. The molecule has 1 aliphatic carbocycles. The highest BCUT2D eigenvalue weighted by Crippen LogP contribution is 2.32. The molecular weight excluding hydrogens is 283 g/mol. The van der Waals surface area contributed by atoms with E-state index in [0.29, 0.717) is 12.5 Å². The van der Waals surface area contributed by atoms with Crippen LogP contribution in [0.5, 0.6) is 0 Å². The zero-order valence-corrected chi connectivity index (χ0v) is 12.7. The number of primary amides is 1. The predicted octanol–water partition coefficient (Wildman–Crippen LogP) is 2.80. The molecule has 1 aromatic heterocycles. The van der Waals surface area contributed by atoms with Crippen molar-refractivity contribution in [1.29, 1.82) is 0 Å². The first-order chi connectivity index (χ1) is 10.5. The summed E-state index contributed by atoms with van der Waals surface area (Å²) in [4.78, 5) is 15.6. The fourth-order valence-electron chi connectivity index (χ4n) is 2.74. The Hall–Kier alpha value is -2.01. The van der Waals surface area contributed by atoms with Crippen molar-refractivity contribution in [3.63, 3.8) is 0 Å². The van der Waals surface area contributed by atoms with Crippen LogP contribution in [0.2, 0.25) is 0 Å². The smallest absolute Gasteiger partial charge is 0.244 e. The number of aryl methyl sites for hydroxylation is 1. The van der Waals surface area contributed by atoms with E-state index < -0.39 is 11.7 Å². The first-order valence-corrected chi connectivity index (χ1v) is 7.37. The second kappa shape index (κ2) is 7.31. The Balaban J connectivity index is 1.90. The number of hydrogen-bond acceptors (Lipinski definition) is 3. The van der Waals surface area contributed by atoms with E-state index in [1.807, 2.05) is 13.0 Å². The summed E-state index contributed by atoms with van der Waals surface area (Å²) in [6, 6.07) is 4.01. The van der Waals surface area contributed by atoms with Gasteiger partial charge in [-0.25, -0.2) is 4.39 Å². The van der Waals surface area contributed by atoms with E-state index in [0.717, 1.165) is 24.6 Å². The normalized spacial score (nSPS) is 18.8. The molecule has 0 fully saturated rings. The van der Waals surface area contributed by atoms with Crippen LogP contribution in [0.15, 0.2) is 42.4 Å². The number of halogens is 1. The van der Waals surface area contributed by atoms with Crippen molar-refractivity contribution in [3.8, 4) is 0 Å². The summed E-state index contributed by atoms with van der Waals surface area (Å²) in [7, 11) is 0. The summed E-state index contributed by atoms with van der Waals surface area (Å²) < 4.78 is 18.6. The molecule has 22 heavy (non-hydrogen) atoms. The van der Waals surface area contributed by atoms with Gasteiger partial charge in [0.15, 0.2) is 0 Å². The van der Waals surface area contributed by atoms with Crippen molar-refractivity contribution in [2.24, 2.45) is 5.73 Å². The summed E-state index contributed by atoms with van der Waals surface area (Å²) in [5, 5.41) is 0. The van der Waals surface area contributed by atoms with Crippen LogP contribution in [-0.2, 0) is 16.0 Å². The molecule has 1 aliphatic rings. The fraction of sp³-hybridized carbons (Fsp3) is 0.412. The van der Waals surface area contributed by atoms with E-state index >= 15 is 0 Å². The molecule has 5 heteroatoms. The van der Waals surface area contributed by atoms with Crippen LogP contribution in [0.1, 0.15) is 36.9 Å². The molecule has 1 heterocycles. The van der Waals surface area contributed by atoms with Gasteiger partial charge in [-0.05, 0) is 37.5 Å². The van der Waals surface area contributed by atoms with Crippen molar-refractivity contribution in [2.45, 2.75) is 38.2 Å². The van der Waals surface area contributed by atoms with Crippen LogP contribution in [0.3, 0.4) is 0 Å². The van der Waals surface area contributed by atoms with E-state index in [-0.39, 0.29) is 18.1 Å². The van der Waals surface area contributed by atoms with Gasteiger partial charge in [-0.15, -0.1) is 0 Å². The van der Waals surface area contributed by atoms with Crippen LogP contribution >= 0.6 is 0 Å². The molecular formula is C17H21FN2O2.